The van der Waals surface area contributed by atoms with Crippen molar-refractivity contribution in [1.29, 1.82) is 0 Å². The van der Waals surface area contributed by atoms with Crippen molar-refractivity contribution in [2.45, 2.75) is 33.5 Å². The average molecular weight is 223 g/mol. The first-order chi connectivity index (χ1) is 7.39. The number of carbonyl (C=O) groups is 1. The van der Waals surface area contributed by atoms with Crippen molar-refractivity contribution < 1.29 is 14.6 Å². The SMILES string of the molecule is CC(C)(C)C(=O)OC(O)Cc1ccccn1. The lowest BCUT2D eigenvalue weighted by Crippen LogP contribution is -2.29. The number of aliphatic hydroxyl groups excluding tert-OH is 1. The van der Waals surface area contributed by atoms with Crippen molar-refractivity contribution in [3.05, 3.63) is 30.1 Å². The van der Waals surface area contributed by atoms with Gasteiger partial charge in [0.15, 0.2) is 0 Å². The molecule has 1 atom stereocenters. The predicted octanol–water partition coefficient (Wildman–Crippen LogP) is 1.53. The Balaban J connectivity index is 2.49. The lowest BCUT2D eigenvalue weighted by atomic mass is 9.97. The molecule has 0 aromatic carbocycles. The number of aliphatic hydroxyl groups is 1. The summed E-state index contributed by atoms with van der Waals surface area (Å²) in [7, 11) is 0. The third kappa shape index (κ3) is 3.98. The van der Waals surface area contributed by atoms with Crippen LogP contribution in [0.25, 0.3) is 0 Å². The normalized spacial score (nSPS) is 13.2. The predicted molar refractivity (Wildman–Crippen MR) is 59.5 cm³/mol. The number of aromatic nitrogens is 1. The van der Waals surface area contributed by atoms with Crippen LogP contribution in [0.15, 0.2) is 24.4 Å². The van der Waals surface area contributed by atoms with Gasteiger partial charge in [-0.25, -0.2) is 0 Å². The highest BCUT2D eigenvalue weighted by Crippen LogP contribution is 2.16. The molecule has 0 fully saturated rings. The van der Waals surface area contributed by atoms with E-state index in [0.717, 1.165) is 0 Å². The number of hydrogen-bond donors (Lipinski definition) is 1. The highest BCUT2D eigenvalue weighted by molar-refractivity contribution is 5.75. The summed E-state index contributed by atoms with van der Waals surface area (Å²) in [6, 6.07) is 5.38. The molecule has 0 amide bonds. The topological polar surface area (TPSA) is 59.4 Å². The lowest BCUT2D eigenvalue weighted by molar-refractivity contribution is -0.177. The van der Waals surface area contributed by atoms with Gasteiger partial charge in [0.25, 0.3) is 0 Å². The fourth-order valence-electron chi connectivity index (χ4n) is 1.04. The van der Waals surface area contributed by atoms with Crippen molar-refractivity contribution >= 4 is 5.97 Å². The summed E-state index contributed by atoms with van der Waals surface area (Å²) < 4.78 is 4.90. The second kappa shape index (κ2) is 5.07. The Bertz CT molecular complexity index is 343. The number of rotatable bonds is 3. The summed E-state index contributed by atoms with van der Waals surface area (Å²) in [5.41, 5.74) is 0.0853. The fourth-order valence-corrected chi connectivity index (χ4v) is 1.04. The summed E-state index contributed by atoms with van der Waals surface area (Å²) in [6.45, 7) is 5.22. The van der Waals surface area contributed by atoms with Crippen LogP contribution in [0.5, 0.6) is 0 Å². The summed E-state index contributed by atoms with van der Waals surface area (Å²) >= 11 is 0. The van der Waals surface area contributed by atoms with E-state index in [9.17, 15) is 9.90 Å². The molecule has 1 N–H and O–H groups in total. The van der Waals surface area contributed by atoms with E-state index in [0.29, 0.717) is 5.69 Å². The van der Waals surface area contributed by atoms with Crippen LogP contribution >= 0.6 is 0 Å². The molecule has 0 aliphatic heterocycles. The van der Waals surface area contributed by atoms with E-state index in [1.165, 1.54) is 0 Å². The molecular formula is C12H17NO3. The van der Waals surface area contributed by atoms with E-state index in [1.807, 2.05) is 6.07 Å². The van der Waals surface area contributed by atoms with Gasteiger partial charge in [-0.2, -0.15) is 0 Å². The second-order valence-corrected chi connectivity index (χ2v) is 4.64. The zero-order valence-corrected chi connectivity index (χ0v) is 9.80. The van der Waals surface area contributed by atoms with Crippen LogP contribution in [0, 0.1) is 5.41 Å². The van der Waals surface area contributed by atoms with Gasteiger partial charge >= 0.3 is 5.97 Å². The Kier molecular flexibility index (Phi) is 4.01. The van der Waals surface area contributed by atoms with Gasteiger partial charge in [-0.1, -0.05) is 6.07 Å². The minimum Gasteiger partial charge on any atom is -0.435 e. The number of pyridine rings is 1. The van der Waals surface area contributed by atoms with Crippen molar-refractivity contribution in [2.75, 3.05) is 0 Å². The largest absolute Gasteiger partial charge is 0.435 e. The molecule has 1 heterocycles. The maximum absolute atomic E-state index is 11.5. The Morgan fingerprint density at radius 1 is 1.50 bits per heavy atom. The number of hydrogen-bond acceptors (Lipinski definition) is 4. The summed E-state index contributed by atoms with van der Waals surface area (Å²) in [6.07, 6.45) is 0.706. The van der Waals surface area contributed by atoms with Crippen LogP contribution in [0.3, 0.4) is 0 Å². The molecule has 88 valence electrons. The molecule has 0 radical (unpaired) electrons. The maximum Gasteiger partial charge on any atom is 0.313 e. The van der Waals surface area contributed by atoms with Crippen LogP contribution in [-0.4, -0.2) is 22.3 Å². The molecular weight excluding hydrogens is 206 g/mol. The molecule has 4 nitrogen and oxygen atoms in total. The van der Waals surface area contributed by atoms with Crippen molar-refractivity contribution in [2.24, 2.45) is 5.41 Å². The number of esters is 1. The molecule has 0 aliphatic rings. The smallest absolute Gasteiger partial charge is 0.313 e. The van der Waals surface area contributed by atoms with E-state index in [1.54, 1.807) is 39.1 Å². The zero-order chi connectivity index (χ0) is 12.2. The molecule has 1 aromatic heterocycles. The van der Waals surface area contributed by atoms with Crippen LogP contribution in [-0.2, 0) is 16.0 Å². The minimum absolute atomic E-state index is 0.211. The molecule has 4 heteroatoms. The summed E-state index contributed by atoms with van der Waals surface area (Å²) in [5, 5.41) is 9.55. The number of nitrogens with zero attached hydrogens (tertiary/aromatic N) is 1. The Labute approximate surface area is 95.3 Å². The van der Waals surface area contributed by atoms with E-state index < -0.39 is 17.7 Å². The van der Waals surface area contributed by atoms with Gasteiger partial charge in [-0.15, -0.1) is 0 Å². The first-order valence-corrected chi connectivity index (χ1v) is 5.18. The average Bonchev–Trinajstić information content (AvgIpc) is 2.17. The van der Waals surface area contributed by atoms with Crippen LogP contribution in [0.4, 0.5) is 0 Å². The number of carbonyl (C=O) groups excluding carboxylic acids is 1. The fraction of sp³-hybridized carbons (Fsp3) is 0.500. The van der Waals surface area contributed by atoms with Gasteiger partial charge in [0, 0.05) is 11.9 Å². The van der Waals surface area contributed by atoms with Crippen molar-refractivity contribution in [3.8, 4) is 0 Å². The summed E-state index contributed by atoms with van der Waals surface area (Å²) in [4.78, 5) is 15.5. The van der Waals surface area contributed by atoms with Crippen LogP contribution < -0.4 is 0 Å². The Morgan fingerprint density at radius 2 is 2.19 bits per heavy atom. The lowest BCUT2D eigenvalue weighted by Gasteiger charge is -2.19. The highest BCUT2D eigenvalue weighted by Gasteiger charge is 2.25. The molecule has 0 aliphatic carbocycles. The van der Waals surface area contributed by atoms with Gasteiger partial charge < -0.3 is 9.84 Å². The third-order valence-electron chi connectivity index (χ3n) is 1.97. The molecule has 0 saturated heterocycles. The van der Waals surface area contributed by atoms with Gasteiger partial charge in [0.1, 0.15) is 0 Å². The molecule has 16 heavy (non-hydrogen) atoms. The molecule has 0 saturated carbocycles. The molecule has 0 bridgehead atoms. The molecule has 1 aromatic rings. The third-order valence-corrected chi connectivity index (χ3v) is 1.97. The van der Waals surface area contributed by atoms with Gasteiger partial charge in [0.2, 0.25) is 6.29 Å². The zero-order valence-electron chi connectivity index (χ0n) is 9.80. The van der Waals surface area contributed by atoms with E-state index in [-0.39, 0.29) is 6.42 Å². The summed E-state index contributed by atoms with van der Waals surface area (Å²) in [5.74, 6) is -0.420. The quantitative estimate of drug-likeness (QED) is 0.623. The maximum atomic E-state index is 11.5. The number of ether oxygens (including phenoxy) is 1. The van der Waals surface area contributed by atoms with E-state index in [4.69, 9.17) is 4.74 Å². The van der Waals surface area contributed by atoms with Crippen LogP contribution in [0.2, 0.25) is 0 Å². The van der Waals surface area contributed by atoms with Gasteiger partial charge in [-0.05, 0) is 32.9 Å². The Morgan fingerprint density at radius 3 is 2.69 bits per heavy atom. The molecule has 1 unspecified atom stereocenters. The van der Waals surface area contributed by atoms with Crippen molar-refractivity contribution in [3.63, 3.8) is 0 Å². The van der Waals surface area contributed by atoms with E-state index in [2.05, 4.69) is 4.98 Å². The van der Waals surface area contributed by atoms with Gasteiger partial charge in [0.05, 0.1) is 11.8 Å². The van der Waals surface area contributed by atoms with Gasteiger partial charge in [-0.3, -0.25) is 9.78 Å². The minimum atomic E-state index is -1.14. The Hall–Kier alpha value is -1.42. The second-order valence-electron chi connectivity index (χ2n) is 4.64. The first-order valence-electron chi connectivity index (χ1n) is 5.18. The highest BCUT2D eigenvalue weighted by atomic mass is 16.6. The van der Waals surface area contributed by atoms with E-state index >= 15 is 0 Å². The van der Waals surface area contributed by atoms with Crippen LogP contribution in [0.1, 0.15) is 26.5 Å². The molecule has 1 rings (SSSR count). The van der Waals surface area contributed by atoms with Crippen molar-refractivity contribution in [1.82, 2.24) is 4.98 Å². The monoisotopic (exact) mass is 223 g/mol. The standard InChI is InChI=1S/C12H17NO3/c1-12(2,3)11(15)16-10(14)8-9-6-4-5-7-13-9/h4-7,10,14H,8H2,1-3H3. The molecule has 0 spiro atoms. The first kappa shape index (κ1) is 12.6.